The highest BCUT2D eigenvalue weighted by atomic mass is 32.2. The van der Waals surface area contributed by atoms with E-state index in [0.717, 1.165) is 18.1 Å². The Morgan fingerprint density at radius 2 is 2.21 bits per heavy atom. The van der Waals surface area contributed by atoms with E-state index in [0.29, 0.717) is 12.5 Å². The monoisotopic (exact) mass is 240 g/mol. The van der Waals surface area contributed by atoms with Crippen LogP contribution in [-0.4, -0.2) is 18.1 Å². The second-order valence-corrected chi connectivity index (χ2v) is 4.62. The van der Waals surface area contributed by atoms with Crippen molar-refractivity contribution in [3.63, 3.8) is 0 Å². The molecular formula is C8H20N2O2S2. The molecule has 0 radical (unpaired) electrons. The van der Waals surface area contributed by atoms with Crippen LogP contribution in [0.2, 0.25) is 0 Å². The van der Waals surface area contributed by atoms with Gasteiger partial charge < -0.3 is 0 Å². The summed E-state index contributed by atoms with van der Waals surface area (Å²) in [6.07, 6.45) is 3.83. The van der Waals surface area contributed by atoms with Gasteiger partial charge in [0.2, 0.25) is 0 Å². The van der Waals surface area contributed by atoms with Gasteiger partial charge in [0.25, 0.3) is 0 Å². The molecule has 2 N–H and O–H groups in total. The SMILES string of the molecule is CC1CCC(COOSN(C)N)C1.S. The van der Waals surface area contributed by atoms with Crippen LogP contribution in [0.1, 0.15) is 26.2 Å². The van der Waals surface area contributed by atoms with Gasteiger partial charge in [0, 0.05) is 7.05 Å². The van der Waals surface area contributed by atoms with Gasteiger partial charge in [0.15, 0.2) is 0 Å². The van der Waals surface area contributed by atoms with Gasteiger partial charge in [-0.25, -0.2) is 4.89 Å². The van der Waals surface area contributed by atoms with E-state index < -0.39 is 0 Å². The molecule has 0 heterocycles. The van der Waals surface area contributed by atoms with Crippen LogP contribution < -0.4 is 5.84 Å². The number of rotatable bonds is 5. The van der Waals surface area contributed by atoms with Gasteiger partial charge in [-0.05, 0) is 24.7 Å². The highest BCUT2D eigenvalue weighted by Gasteiger charge is 2.21. The Kier molecular flexibility index (Phi) is 8.08. The first-order valence-electron chi connectivity index (χ1n) is 4.63. The molecule has 6 heteroatoms. The molecule has 0 aromatic heterocycles. The van der Waals surface area contributed by atoms with Gasteiger partial charge in [-0.2, -0.15) is 17.9 Å². The second kappa shape index (κ2) is 7.78. The van der Waals surface area contributed by atoms with Crippen molar-refractivity contribution in [3.05, 3.63) is 0 Å². The van der Waals surface area contributed by atoms with Crippen molar-refractivity contribution in [2.75, 3.05) is 13.7 Å². The zero-order valence-electron chi connectivity index (χ0n) is 8.73. The molecule has 0 bridgehead atoms. The number of hydrazine groups is 1. The first kappa shape index (κ1) is 14.5. The third-order valence-electron chi connectivity index (χ3n) is 2.30. The van der Waals surface area contributed by atoms with Gasteiger partial charge in [0.05, 0.1) is 6.61 Å². The van der Waals surface area contributed by atoms with Crippen LogP contribution in [0.5, 0.6) is 0 Å². The predicted octanol–water partition coefficient (Wildman–Crippen LogP) is 1.85. The van der Waals surface area contributed by atoms with Crippen LogP contribution in [-0.2, 0) is 9.22 Å². The fraction of sp³-hybridized carbons (Fsp3) is 1.00. The summed E-state index contributed by atoms with van der Waals surface area (Å²) in [4.78, 5) is 5.02. The van der Waals surface area contributed by atoms with E-state index in [1.165, 1.54) is 23.7 Å². The summed E-state index contributed by atoms with van der Waals surface area (Å²) in [5.41, 5.74) is 0. The molecule has 0 aliphatic heterocycles. The van der Waals surface area contributed by atoms with Gasteiger partial charge in [-0.3, -0.25) is 5.84 Å². The summed E-state index contributed by atoms with van der Waals surface area (Å²) in [5, 5.41) is 0. The Balaban J connectivity index is 0.00000169. The fourth-order valence-corrected chi connectivity index (χ4v) is 1.86. The Morgan fingerprint density at radius 3 is 2.71 bits per heavy atom. The molecule has 2 atom stereocenters. The minimum Gasteiger partial charge on any atom is -0.257 e. The lowest BCUT2D eigenvalue weighted by atomic mass is 10.1. The van der Waals surface area contributed by atoms with E-state index in [9.17, 15) is 0 Å². The Hall–Kier alpha value is 0.540. The molecule has 0 spiro atoms. The number of hydrogen-bond donors (Lipinski definition) is 1. The van der Waals surface area contributed by atoms with E-state index in [1.807, 2.05) is 0 Å². The Bertz CT molecular complexity index is 149. The van der Waals surface area contributed by atoms with Crippen molar-refractivity contribution in [3.8, 4) is 0 Å². The molecule has 2 unspecified atom stereocenters. The standard InChI is InChI=1S/C8H18N2O2S.H2S/c1-7-3-4-8(5-7)6-11-12-13-10(2)9;/h7-8H,3-6,9H2,1-2H3;1H2. The van der Waals surface area contributed by atoms with Gasteiger partial charge in [-0.1, -0.05) is 13.3 Å². The highest BCUT2D eigenvalue weighted by molar-refractivity contribution is 7.92. The number of hydrogen-bond acceptors (Lipinski definition) is 5. The van der Waals surface area contributed by atoms with E-state index in [2.05, 4.69) is 6.92 Å². The van der Waals surface area contributed by atoms with Gasteiger partial charge >= 0.3 is 0 Å². The number of nitrogens with zero attached hydrogens (tertiary/aromatic N) is 1. The van der Waals surface area contributed by atoms with Crippen LogP contribution in [0, 0.1) is 11.8 Å². The summed E-state index contributed by atoms with van der Waals surface area (Å²) in [7, 11) is 1.70. The van der Waals surface area contributed by atoms with Gasteiger partial charge in [-0.15, -0.1) is 4.33 Å². The third kappa shape index (κ3) is 6.10. The molecule has 1 fully saturated rings. The zero-order chi connectivity index (χ0) is 9.68. The van der Waals surface area contributed by atoms with E-state index >= 15 is 0 Å². The quantitative estimate of drug-likeness (QED) is 0.198. The first-order chi connectivity index (χ1) is 6.18. The zero-order valence-corrected chi connectivity index (χ0v) is 10.5. The van der Waals surface area contributed by atoms with Crippen LogP contribution >= 0.6 is 25.7 Å². The summed E-state index contributed by atoms with van der Waals surface area (Å²) >= 11 is 1.00. The normalized spacial score (nSPS) is 26.6. The minimum atomic E-state index is 0. The summed E-state index contributed by atoms with van der Waals surface area (Å²) in [6, 6.07) is 0. The maximum Gasteiger partial charge on any atom is 0.135 e. The molecule has 0 aromatic carbocycles. The molecule has 1 rings (SSSR count). The average Bonchev–Trinajstić information content (AvgIpc) is 2.45. The lowest BCUT2D eigenvalue weighted by Crippen LogP contribution is -2.18. The molecule has 0 aromatic rings. The molecule has 0 saturated heterocycles. The van der Waals surface area contributed by atoms with Crippen molar-refractivity contribution >= 4 is 25.7 Å². The van der Waals surface area contributed by atoms with E-state index in [1.54, 1.807) is 7.05 Å². The largest absolute Gasteiger partial charge is 0.257 e. The van der Waals surface area contributed by atoms with Crippen LogP contribution in [0.3, 0.4) is 0 Å². The predicted molar refractivity (Wildman–Crippen MR) is 63.5 cm³/mol. The van der Waals surface area contributed by atoms with E-state index in [-0.39, 0.29) is 13.5 Å². The fourth-order valence-electron chi connectivity index (χ4n) is 1.67. The maximum absolute atomic E-state index is 5.30. The smallest absolute Gasteiger partial charge is 0.135 e. The molecule has 0 amide bonds. The summed E-state index contributed by atoms with van der Waals surface area (Å²) in [6.45, 7) is 2.97. The molecule has 1 aliphatic carbocycles. The molecule has 14 heavy (non-hydrogen) atoms. The topological polar surface area (TPSA) is 47.7 Å². The van der Waals surface area contributed by atoms with Crippen molar-refractivity contribution in [2.24, 2.45) is 17.7 Å². The lowest BCUT2D eigenvalue weighted by molar-refractivity contribution is -0.203. The lowest BCUT2D eigenvalue weighted by Gasteiger charge is -2.10. The third-order valence-corrected chi connectivity index (χ3v) is 2.70. The highest BCUT2D eigenvalue weighted by Crippen LogP contribution is 2.30. The Labute approximate surface area is 97.2 Å². The van der Waals surface area contributed by atoms with Crippen LogP contribution in [0.25, 0.3) is 0 Å². The minimum absolute atomic E-state index is 0. The van der Waals surface area contributed by atoms with Crippen molar-refractivity contribution in [1.29, 1.82) is 0 Å². The van der Waals surface area contributed by atoms with Crippen molar-refractivity contribution in [1.82, 2.24) is 4.41 Å². The van der Waals surface area contributed by atoms with Crippen molar-refractivity contribution in [2.45, 2.75) is 26.2 Å². The second-order valence-electron chi connectivity index (χ2n) is 3.76. The van der Waals surface area contributed by atoms with Crippen molar-refractivity contribution < 1.29 is 9.22 Å². The molecule has 1 saturated carbocycles. The van der Waals surface area contributed by atoms with Crippen LogP contribution in [0.4, 0.5) is 0 Å². The average molecular weight is 240 g/mol. The van der Waals surface area contributed by atoms with E-state index in [4.69, 9.17) is 15.1 Å². The molecule has 86 valence electrons. The summed E-state index contributed by atoms with van der Waals surface area (Å²) < 4.78 is 6.17. The molecule has 4 nitrogen and oxygen atoms in total. The summed E-state index contributed by atoms with van der Waals surface area (Å²) in [5.74, 6) is 6.81. The van der Waals surface area contributed by atoms with Crippen LogP contribution in [0.15, 0.2) is 0 Å². The maximum atomic E-state index is 5.30. The van der Waals surface area contributed by atoms with Gasteiger partial charge in [0.1, 0.15) is 12.2 Å². The molecule has 1 aliphatic rings. The Morgan fingerprint density at radius 1 is 1.50 bits per heavy atom. The molecular weight excluding hydrogens is 220 g/mol. The first-order valence-corrected chi connectivity index (χ1v) is 5.33. The number of nitrogens with two attached hydrogens (primary N) is 1.